The molecular weight excluding hydrogens is 532 g/mol. The molecule has 3 aromatic rings. The average Bonchev–Trinajstić information content (AvgIpc) is 3.53. The van der Waals surface area contributed by atoms with Gasteiger partial charge in [0.1, 0.15) is 10.3 Å². The minimum absolute atomic E-state index is 0.112. The highest BCUT2D eigenvalue weighted by atomic mass is 35.5. The van der Waals surface area contributed by atoms with Crippen LogP contribution in [0.25, 0.3) is 10.2 Å². The second-order valence-corrected chi connectivity index (χ2v) is 12.7. The quantitative estimate of drug-likeness (QED) is 0.425. The summed E-state index contributed by atoms with van der Waals surface area (Å²) in [5.41, 5.74) is 1.49. The summed E-state index contributed by atoms with van der Waals surface area (Å²) in [4.78, 5) is 29.6. The Morgan fingerprint density at radius 1 is 1.26 bits per heavy atom. The lowest BCUT2D eigenvalue weighted by Gasteiger charge is -2.20. The molecule has 0 saturated carbocycles. The molecule has 0 aliphatic carbocycles. The fourth-order valence-corrected chi connectivity index (χ4v) is 8.31. The van der Waals surface area contributed by atoms with E-state index in [1.54, 1.807) is 6.07 Å². The van der Waals surface area contributed by atoms with E-state index in [1.807, 2.05) is 23.6 Å². The number of nitrogens with one attached hydrogen (secondary N) is 1. The Morgan fingerprint density at radius 2 is 2.06 bits per heavy atom. The van der Waals surface area contributed by atoms with Crippen LogP contribution >= 0.6 is 34.3 Å². The van der Waals surface area contributed by atoms with Crippen molar-refractivity contribution in [3.63, 3.8) is 0 Å². The van der Waals surface area contributed by atoms with Crippen LogP contribution in [0.4, 0.5) is 5.69 Å². The molecule has 2 aromatic heterocycles. The van der Waals surface area contributed by atoms with E-state index in [0.717, 1.165) is 21.6 Å². The number of thiazole rings is 1. The van der Waals surface area contributed by atoms with Gasteiger partial charge in [0.15, 0.2) is 4.80 Å². The number of sulfonamides is 1. The van der Waals surface area contributed by atoms with Crippen molar-refractivity contribution in [1.82, 2.24) is 8.87 Å². The Bertz CT molecular complexity index is 1430. The van der Waals surface area contributed by atoms with E-state index in [4.69, 9.17) is 16.3 Å². The zero-order valence-electron chi connectivity index (χ0n) is 19.2. The summed E-state index contributed by atoms with van der Waals surface area (Å²) in [6.45, 7) is 5.05. The summed E-state index contributed by atoms with van der Waals surface area (Å²) in [7, 11) is -3.85. The minimum atomic E-state index is -3.85. The number of carbonyl (C=O) groups excluding carboxylic acids is 2. The molecule has 4 rings (SSSR count). The van der Waals surface area contributed by atoms with E-state index in [1.165, 1.54) is 34.7 Å². The predicted molar refractivity (Wildman–Crippen MR) is 137 cm³/mol. The Balaban J connectivity index is 1.70. The number of benzene rings is 1. The number of carbonyl (C=O) groups is 2. The summed E-state index contributed by atoms with van der Waals surface area (Å²) in [5.74, 6) is -0.688. The minimum Gasteiger partial charge on any atom is -0.380 e. The maximum atomic E-state index is 13.3. The molecule has 2 amide bonds. The first kappa shape index (κ1) is 26.0. The van der Waals surface area contributed by atoms with Crippen LogP contribution in [0.3, 0.4) is 0 Å². The van der Waals surface area contributed by atoms with Crippen LogP contribution in [0.1, 0.15) is 26.7 Å². The molecule has 1 N–H and O–H groups in total. The number of nitrogens with zero attached hydrogens (tertiary/aromatic N) is 3. The molecule has 1 aliphatic rings. The third-order valence-electron chi connectivity index (χ3n) is 5.47. The van der Waals surface area contributed by atoms with Gasteiger partial charge in [0, 0.05) is 32.3 Å². The van der Waals surface area contributed by atoms with Crippen molar-refractivity contribution in [3.8, 4) is 0 Å². The number of thiophene rings is 1. The van der Waals surface area contributed by atoms with Crippen molar-refractivity contribution in [2.75, 3.05) is 25.1 Å². The van der Waals surface area contributed by atoms with Crippen LogP contribution in [0.15, 0.2) is 39.5 Å². The van der Waals surface area contributed by atoms with Gasteiger partial charge >= 0.3 is 0 Å². The van der Waals surface area contributed by atoms with Crippen molar-refractivity contribution in [2.24, 2.45) is 4.99 Å². The molecule has 1 fully saturated rings. The number of amides is 2. The summed E-state index contributed by atoms with van der Waals surface area (Å²) < 4.78 is 36.2. The van der Waals surface area contributed by atoms with Gasteiger partial charge in [-0.25, -0.2) is 8.42 Å². The van der Waals surface area contributed by atoms with E-state index in [9.17, 15) is 18.0 Å². The number of halogens is 1. The fourth-order valence-electron chi connectivity index (χ4n) is 3.95. The lowest BCUT2D eigenvalue weighted by atomic mass is 10.2. The van der Waals surface area contributed by atoms with Gasteiger partial charge in [-0.15, -0.1) is 11.3 Å². The van der Waals surface area contributed by atoms with Crippen LogP contribution in [-0.4, -0.2) is 54.9 Å². The molecule has 1 atom stereocenters. The number of rotatable bonds is 8. The number of ether oxygens (including phenoxy) is 1. The highest BCUT2D eigenvalue weighted by Gasteiger charge is 2.40. The van der Waals surface area contributed by atoms with E-state index in [2.05, 4.69) is 10.3 Å². The number of anilines is 1. The lowest BCUT2D eigenvalue weighted by Crippen LogP contribution is -2.40. The monoisotopic (exact) mass is 556 g/mol. The van der Waals surface area contributed by atoms with E-state index in [-0.39, 0.29) is 16.7 Å². The normalized spacial score (nSPS) is 17.3. The van der Waals surface area contributed by atoms with Gasteiger partial charge in [0.05, 0.1) is 21.2 Å². The van der Waals surface area contributed by atoms with Gasteiger partial charge in [-0.2, -0.15) is 9.30 Å². The van der Waals surface area contributed by atoms with Crippen molar-refractivity contribution >= 4 is 72.0 Å². The zero-order valence-corrected chi connectivity index (χ0v) is 22.4. The largest absolute Gasteiger partial charge is 0.380 e. The highest BCUT2D eigenvalue weighted by Crippen LogP contribution is 2.32. The number of aromatic nitrogens is 1. The Kier molecular flexibility index (Phi) is 8.09. The number of hydrogen-bond acceptors (Lipinski definition) is 7. The summed E-state index contributed by atoms with van der Waals surface area (Å²) in [6.07, 6.45) is 0.971. The molecule has 0 radical (unpaired) electrons. The summed E-state index contributed by atoms with van der Waals surface area (Å²) >= 11 is 8.22. The Labute approximate surface area is 216 Å². The van der Waals surface area contributed by atoms with Crippen LogP contribution in [0.2, 0.25) is 4.34 Å². The maximum absolute atomic E-state index is 13.3. The Hall–Kier alpha value is -2.09. The zero-order chi connectivity index (χ0) is 25.2. The molecule has 0 spiro atoms. The van der Waals surface area contributed by atoms with Gasteiger partial charge in [0.2, 0.25) is 5.91 Å². The molecular formula is C22H25ClN4O5S3. The topological polar surface area (TPSA) is 110 Å². The molecule has 3 heterocycles. The SMILES string of the molecule is CCOCCn1c(=NC(=O)C2CCCN2S(=O)(=O)c2ccc(Cl)s2)sc2cc(NC(C)=O)ccc21. The molecule has 1 aliphatic heterocycles. The first-order valence-corrected chi connectivity index (χ1v) is 14.5. The van der Waals surface area contributed by atoms with Gasteiger partial charge in [-0.1, -0.05) is 22.9 Å². The van der Waals surface area contributed by atoms with Gasteiger partial charge in [0.25, 0.3) is 15.9 Å². The van der Waals surface area contributed by atoms with Crippen LogP contribution in [0.5, 0.6) is 0 Å². The molecule has 1 unspecified atom stereocenters. The van der Waals surface area contributed by atoms with E-state index >= 15 is 0 Å². The summed E-state index contributed by atoms with van der Waals surface area (Å²) in [6, 6.07) is 7.59. The highest BCUT2D eigenvalue weighted by molar-refractivity contribution is 7.91. The standard InChI is InChI=1S/C22H25ClN4O5S3/c1-3-32-12-11-26-16-7-6-15(24-14(2)28)13-18(16)33-22(26)25-21(29)17-5-4-10-27(17)35(30,31)20-9-8-19(23)34-20/h6-9,13,17H,3-5,10-12H2,1-2H3,(H,24,28). The predicted octanol–water partition coefficient (Wildman–Crippen LogP) is 3.69. The van der Waals surface area contributed by atoms with E-state index in [0.29, 0.717) is 47.4 Å². The molecule has 35 heavy (non-hydrogen) atoms. The third-order valence-corrected chi connectivity index (χ3v) is 10.1. The van der Waals surface area contributed by atoms with Gasteiger partial charge in [-0.05, 0) is 50.1 Å². The van der Waals surface area contributed by atoms with Crippen LogP contribution in [0, 0.1) is 0 Å². The second-order valence-electron chi connectivity index (χ2n) is 7.88. The molecule has 0 bridgehead atoms. The second kappa shape index (κ2) is 10.9. The van der Waals surface area contributed by atoms with E-state index < -0.39 is 22.0 Å². The Morgan fingerprint density at radius 3 is 2.74 bits per heavy atom. The average molecular weight is 557 g/mol. The first-order chi connectivity index (χ1) is 16.7. The van der Waals surface area contributed by atoms with Crippen molar-refractivity contribution in [3.05, 3.63) is 39.5 Å². The smallest absolute Gasteiger partial charge is 0.266 e. The summed E-state index contributed by atoms with van der Waals surface area (Å²) in [5, 5.41) is 2.76. The van der Waals surface area contributed by atoms with Gasteiger partial charge in [-0.3, -0.25) is 9.59 Å². The molecule has 1 saturated heterocycles. The van der Waals surface area contributed by atoms with Crippen LogP contribution in [-0.2, 0) is 30.9 Å². The maximum Gasteiger partial charge on any atom is 0.266 e. The molecule has 13 heteroatoms. The first-order valence-electron chi connectivity index (χ1n) is 11.0. The molecule has 188 valence electrons. The lowest BCUT2D eigenvalue weighted by molar-refractivity contribution is -0.121. The van der Waals surface area contributed by atoms with Crippen molar-refractivity contribution < 1.29 is 22.7 Å². The van der Waals surface area contributed by atoms with Gasteiger partial charge < -0.3 is 14.6 Å². The third kappa shape index (κ3) is 5.68. The van der Waals surface area contributed by atoms with Crippen molar-refractivity contribution in [2.45, 2.75) is 43.5 Å². The molecule has 1 aromatic carbocycles. The van der Waals surface area contributed by atoms with Crippen LogP contribution < -0.4 is 10.1 Å². The number of hydrogen-bond donors (Lipinski definition) is 1. The molecule has 9 nitrogen and oxygen atoms in total. The number of fused-ring (bicyclic) bond motifs is 1. The van der Waals surface area contributed by atoms with Crippen molar-refractivity contribution in [1.29, 1.82) is 0 Å². The fraction of sp³-hybridized carbons (Fsp3) is 0.409.